The van der Waals surface area contributed by atoms with Crippen molar-refractivity contribution < 1.29 is 4.79 Å². The largest absolute Gasteiger partial charge is 0.351 e. The molecule has 1 saturated heterocycles. The van der Waals surface area contributed by atoms with Crippen molar-refractivity contribution >= 4 is 17.2 Å². The summed E-state index contributed by atoms with van der Waals surface area (Å²) in [7, 11) is 0. The lowest BCUT2D eigenvalue weighted by molar-refractivity contribution is 0.0948. The molecule has 0 aromatic carbocycles. The van der Waals surface area contributed by atoms with Crippen LogP contribution in [-0.2, 0) is 0 Å². The molecular weight excluding hydrogens is 320 g/mol. The highest BCUT2D eigenvalue weighted by Gasteiger charge is 2.17. The number of carbonyl (C=O) groups excluding carboxylic acids is 1. The van der Waals surface area contributed by atoms with E-state index in [1.165, 1.54) is 25.7 Å². The van der Waals surface area contributed by atoms with E-state index in [2.05, 4.69) is 15.2 Å². The third-order valence-electron chi connectivity index (χ3n) is 4.70. The molecule has 1 aliphatic rings. The number of nitrogens with one attached hydrogen (secondary N) is 1. The van der Waals surface area contributed by atoms with Crippen molar-refractivity contribution in [3.05, 3.63) is 34.6 Å². The van der Waals surface area contributed by atoms with Gasteiger partial charge in [0.05, 0.1) is 5.56 Å². The number of rotatable bonds is 5. The Morgan fingerprint density at radius 3 is 2.67 bits per heavy atom. The molecule has 0 bridgehead atoms. The van der Waals surface area contributed by atoms with Gasteiger partial charge in [0, 0.05) is 36.1 Å². The summed E-state index contributed by atoms with van der Waals surface area (Å²) < 4.78 is 2.05. The predicted octanol–water partition coefficient (Wildman–Crippen LogP) is 3.16. The van der Waals surface area contributed by atoms with E-state index in [0.717, 1.165) is 41.7 Å². The normalized spacial score (nSPS) is 16.1. The van der Waals surface area contributed by atoms with E-state index in [9.17, 15) is 4.79 Å². The lowest BCUT2D eigenvalue weighted by atomic mass is 10.2. The number of aryl methyl sites for hydroxylation is 1. The van der Waals surface area contributed by atoms with Crippen molar-refractivity contribution in [2.45, 2.75) is 39.5 Å². The maximum atomic E-state index is 12.6. The third-order valence-corrected chi connectivity index (χ3v) is 5.46. The van der Waals surface area contributed by atoms with Crippen LogP contribution in [0.1, 0.15) is 47.4 Å². The molecule has 0 spiro atoms. The monoisotopic (exact) mass is 346 g/mol. The Labute approximate surface area is 147 Å². The van der Waals surface area contributed by atoms with Gasteiger partial charge in [-0.2, -0.15) is 0 Å². The van der Waals surface area contributed by atoms with Gasteiger partial charge in [-0.05, 0) is 45.8 Å². The van der Waals surface area contributed by atoms with Crippen LogP contribution in [0.2, 0.25) is 0 Å². The Kier molecular flexibility index (Phi) is 5.68. The summed E-state index contributed by atoms with van der Waals surface area (Å²) in [6.07, 6.45) is 7.03. The van der Waals surface area contributed by atoms with Crippen molar-refractivity contribution in [2.75, 3.05) is 26.2 Å². The van der Waals surface area contributed by atoms with Gasteiger partial charge in [0.25, 0.3) is 5.91 Å². The minimum Gasteiger partial charge on any atom is -0.351 e. The van der Waals surface area contributed by atoms with Crippen LogP contribution in [-0.4, -0.2) is 46.5 Å². The second-order valence-corrected chi connectivity index (χ2v) is 7.32. The molecule has 5 nitrogen and oxygen atoms in total. The Balaban J connectivity index is 1.60. The van der Waals surface area contributed by atoms with Crippen molar-refractivity contribution in [3.8, 4) is 5.13 Å². The molecule has 1 aliphatic heterocycles. The number of hydrogen-bond acceptors (Lipinski definition) is 4. The quantitative estimate of drug-likeness (QED) is 0.905. The second kappa shape index (κ2) is 7.94. The first-order valence-electron chi connectivity index (χ1n) is 8.76. The summed E-state index contributed by atoms with van der Waals surface area (Å²) in [5.74, 6) is 0.0146. The van der Waals surface area contributed by atoms with Gasteiger partial charge in [-0.15, -0.1) is 11.3 Å². The van der Waals surface area contributed by atoms with E-state index in [0.29, 0.717) is 6.54 Å². The summed E-state index contributed by atoms with van der Waals surface area (Å²) >= 11 is 1.58. The minimum atomic E-state index is 0.0146. The van der Waals surface area contributed by atoms with Gasteiger partial charge in [-0.1, -0.05) is 12.8 Å². The van der Waals surface area contributed by atoms with Crippen molar-refractivity contribution in [1.29, 1.82) is 0 Å². The standard InChI is InChI=1S/C18H26N4OS/c1-14-13-16(15(2)22(14)18-20-8-12-24-18)17(23)19-7-11-21-9-5-3-4-6-10-21/h8,12-13H,3-7,9-11H2,1-2H3,(H,19,23). The molecular formula is C18H26N4OS. The molecule has 1 fully saturated rings. The number of likely N-dealkylation sites (tertiary alicyclic amines) is 1. The fourth-order valence-corrected chi connectivity index (χ4v) is 4.15. The highest BCUT2D eigenvalue weighted by molar-refractivity contribution is 7.12. The molecule has 0 atom stereocenters. The zero-order valence-electron chi connectivity index (χ0n) is 14.5. The maximum Gasteiger partial charge on any atom is 0.253 e. The Bertz CT molecular complexity index is 670. The SMILES string of the molecule is Cc1cc(C(=O)NCCN2CCCCCC2)c(C)n1-c1nccs1. The Hall–Kier alpha value is -1.66. The van der Waals surface area contributed by atoms with Crippen LogP contribution in [0, 0.1) is 13.8 Å². The van der Waals surface area contributed by atoms with Crippen LogP contribution < -0.4 is 5.32 Å². The molecule has 130 valence electrons. The first-order valence-corrected chi connectivity index (χ1v) is 9.64. The smallest absolute Gasteiger partial charge is 0.253 e. The predicted molar refractivity (Wildman–Crippen MR) is 98.2 cm³/mol. The van der Waals surface area contributed by atoms with Gasteiger partial charge in [-0.3, -0.25) is 9.36 Å². The van der Waals surface area contributed by atoms with E-state index < -0.39 is 0 Å². The summed E-state index contributed by atoms with van der Waals surface area (Å²) in [4.78, 5) is 19.4. The van der Waals surface area contributed by atoms with Crippen molar-refractivity contribution in [3.63, 3.8) is 0 Å². The highest BCUT2D eigenvalue weighted by Crippen LogP contribution is 2.22. The highest BCUT2D eigenvalue weighted by atomic mass is 32.1. The average Bonchev–Trinajstić information content (AvgIpc) is 3.08. The molecule has 0 radical (unpaired) electrons. The van der Waals surface area contributed by atoms with E-state index >= 15 is 0 Å². The molecule has 6 heteroatoms. The number of aromatic nitrogens is 2. The zero-order valence-corrected chi connectivity index (χ0v) is 15.4. The van der Waals surface area contributed by atoms with Crippen LogP contribution in [0.5, 0.6) is 0 Å². The van der Waals surface area contributed by atoms with Gasteiger partial charge < -0.3 is 10.2 Å². The first-order chi connectivity index (χ1) is 11.7. The number of thiazole rings is 1. The van der Waals surface area contributed by atoms with E-state index in [1.807, 2.05) is 29.9 Å². The minimum absolute atomic E-state index is 0.0146. The molecule has 24 heavy (non-hydrogen) atoms. The number of carbonyl (C=O) groups is 1. The molecule has 2 aromatic rings. The Morgan fingerprint density at radius 2 is 2.00 bits per heavy atom. The summed E-state index contributed by atoms with van der Waals surface area (Å²) in [5.41, 5.74) is 2.74. The molecule has 0 unspecified atom stereocenters. The molecule has 3 rings (SSSR count). The van der Waals surface area contributed by atoms with E-state index in [-0.39, 0.29) is 5.91 Å². The average molecular weight is 346 g/mol. The summed E-state index contributed by atoms with van der Waals surface area (Å²) in [5, 5.41) is 5.95. The van der Waals surface area contributed by atoms with Gasteiger partial charge in [0.2, 0.25) is 0 Å². The number of nitrogens with zero attached hydrogens (tertiary/aromatic N) is 3. The number of amides is 1. The topological polar surface area (TPSA) is 50.2 Å². The molecule has 0 aliphatic carbocycles. The van der Waals surface area contributed by atoms with Gasteiger partial charge in [-0.25, -0.2) is 4.98 Å². The van der Waals surface area contributed by atoms with E-state index in [1.54, 1.807) is 17.5 Å². The van der Waals surface area contributed by atoms with Gasteiger partial charge in [0.1, 0.15) is 0 Å². The fraction of sp³-hybridized carbons (Fsp3) is 0.556. The molecule has 0 saturated carbocycles. The van der Waals surface area contributed by atoms with Crippen LogP contribution in [0.25, 0.3) is 5.13 Å². The molecule has 1 N–H and O–H groups in total. The molecule has 1 amide bonds. The van der Waals surface area contributed by atoms with Crippen LogP contribution in [0.3, 0.4) is 0 Å². The zero-order chi connectivity index (χ0) is 16.9. The molecule has 3 heterocycles. The van der Waals surface area contributed by atoms with Gasteiger partial charge in [0.15, 0.2) is 5.13 Å². The summed E-state index contributed by atoms with van der Waals surface area (Å²) in [6, 6.07) is 1.96. The van der Waals surface area contributed by atoms with Crippen LogP contribution in [0.15, 0.2) is 17.6 Å². The lowest BCUT2D eigenvalue weighted by Crippen LogP contribution is -2.35. The van der Waals surface area contributed by atoms with Gasteiger partial charge >= 0.3 is 0 Å². The van der Waals surface area contributed by atoms with Crippen molar-refractivity contribution in [2.24, 2.45) is 0 Å². The number of hydrogen-bond donors (Lipinski definition) is 1. The van der Waals surface area contributed by atoms with Crippen molar-refractivity contribution in [1.82, 2.24) is 19.8 Å². The molecule has 2 aromatic heterocycles. The fourth-order valence-electron chi connectivity index (χ4n) is 3.40. The maximum absolute atomic E-state index is 12.6. The van der Waals surface area contributed by atoms with Crippen LogP contribution in [0.4, 0.5) is 0 Å². The Morgan fingerprint density at radius 1 is 1.25 bits per heavy atom. The summed E-state index contributed by atoms with van der Waals surface area (Å²) in [6.45, 7) is 7.97. The van der Waals surface area contributed by atoms with E-state index in [4.69, 9.17) is 0 Å². The lowest BCUT2D eigenvalue weighted by Gasteiger charge is -2.19. The first kappa shape index (κ1) is 17.2. The second-order valence-electron chi connectivity index (χ2n) is 6.45. The third kappa shape index (κ3) is 3.87. The van der Waals surface area contributed by atoms with Crippen LogP contribution >= 0.6 is 11.3 Å².